The molecular formula is C15H24N2O2. The van der Waals surface area contributed by atoms with Crippen molar-refractivity contribution >= 4 is 11.8 Å². The van der Waals surface area contributed by atoms with Gasteiger partial charge in [0.2, 0.25) is 11.8 Å². The molecule has 19 heavy (non-hydrogen) atoms. The first-order chi connectivity index (χ1) is 9.13. The van der Waals surface area contributed by atoms with E-state index in [0.717, 1.165) is 38.8 Å². The highest BCUT2D eigenvalue weighted by Gasteiger charge is 2.48. The Bertz CT molecular complexity index is 396. The Kier molecular flexibility index (Phi) is 3.27. The lowest BCUT2D eigenvalue weighted by atomic mass is 9.76. The minimum atomic E-state index is -0.119. The molecule has 0 aromatic carbocycles. The van der Waals surface area contributed by atoms with Crippen LogP contribution >= 0.6 is 0 Å². The van der Waals surface area contributed by atoms with Crippen LogP contribution in [0, 0.1) is 0 Å². The summed E-state index contributed by atoms with van der Waals surface area (Å²) in [6.07, 6.45) is 7.83. The predicted molar refractivity (Wildman–Crippen MR) is 72.6 cm³/mol. The zero-order valence-electron chi connectivity index (χ0n) is 11.9. The van der Waals surface area contributed by atoms with Crippen LogP contribution in [-0.4, -0.2) is 46.3 Å². The molecule has 0 radical (unpaired) electrons. The van der Waals surface area contributed by atoms with Crippen LogP contribution in [-0.2, 0) is 9.59 Å². The first-order valence-corrected chi connectivity index (χ1v) is 7.73. The molecule has 2 atom stereocenters. The average molecular weight is 264 g/mol. The Balaban J connectivity index is 1.87. The maximum Gasteiger partial charge on any atom is 0.223 e. The molecule has 2 amide bonds. The first-order valence-electron chi connectivity index (χ1n) is 7.73. The maximum atomic E-state index is 12.1. The summed E-state index contributed by atoms with van der Waals surface area (Å²) in [4.78, 5) is 28.4. The number of carbonyl (C=O) groups excluding carboxylic acids is 2. The highest BCUT2D eigenvalue weighted by Crippen LogP contribution is 2.40. The zero-order valence-corrected chi connectivity index (χ0v) is 11.9. The summed E-state index contributed by atoms with van der Waals surface area (Å²) in [7, 11) is 0. The standard InChI is InChI=1S/C15H24N2O2/c1-15(17-11-5-8-14(17)19)9-3-2-6-12(15)16-10-4-7-13(16)18/h12H,2-11H2,1H3. The highest BCUT2D eigenvalue weighted by molar-refractivity contribution is 5.80. The molecule has 2 saturated heterocycles. The molecule has 0 bridgehead atoms. The van der Waals surface area contributed by atoms with E-state index in [0.29, 0.717) is 24.7 Å². The summed E-state index contributed by atoms with van der Waals surface area (Å²) in [5.74, 6) is 0.589. The van der Waals surface area contributed by atoms with Gasteiger partial charge in [-0.1, -0.05) is 12.8 Å². The van der Waals surface area contributed by atoms with Crippen LogP contribution in [0.3, 0.4) is 0 Å². The average Bonchev–Trinajstić information content (AvgIpc) is 2.99. The maximum absolute atomic E-state index is 12.1. The molecule has 0 aromatic heterocycles. The Labute approximate surface area is 115 Å². The summed E-state index contributed by atoms with van der Waals surface area (Å²) in [6, 6.07) is 0.248. The van der Waals surface area contributed by atoms with Gasteiger partial charge in [-0.3, -0.25) is 9.59 Å². The van der Waals surface area contributed by atoms with Crippen molar-refractivity contribution in [1.82, 2.24) is 9.80 Å². The van der Waals surface area contributed by atoms with Crippen molar-refractivity contribution in [2.45, 2.75) is 69.9 Å². The van der Waals surface area contributed by atoms with Gasteiger partial charge < -0.3 is 9.80 Å². The largest absolute Gasteiger partial charge is 0.337 e. The first kappa shape index (κ1) is 12.9. The number of likely N-dealkylation sites (tertiary alicyclic amines) is 2. The van der Waals surface area contributed by atoms with E-state index in [1.165, 1.54) is 12.8 Å². The van der Waals surface area contributed by atoms with Crippen LogP contribution in [0.4, 0.5) is 0 Å². The summed E-state index contributed by atoms with van der Waals surface area (Å²) < 4.78 is 0. The SMILES string of the molecule is CC1(N2CCCC2=O)CCCCC1N1CCCC1=O. The molecular weight excluding hydrogens is 240 g/mol. The molecule has 3 fully saturated rings. The van der Waals surface area contributed by atoms with Gasteiger partial charge in [-0.2, -0.15) is 0 Å². The third kappa shape index (κ3) is 2.05. The molecule has 4 nitrogen and oxygen atoms in total. The van der Waals surface area contributed by atoms with E-state index >= 15 is 0 Å². The number of nitrogens with zero attached hydrogens (tertiary/aromatic N) is 2. The smallest absolute Gasteiger partial charge is 0.223 e. The third-order valence-electron chi connectivity index (χ3n) is 5.30. The van der Waals surface area contributed by atoms with Crippen molar-refractivity contribution in [2.75, 3.05) is 13.1 Å². The van der Waals surface area contributed by atoms with Crippen molar-refractivity contribution in [3.05, 3.63) is 0 Å². The van der Waals surface area contributed by atoms with Gasteiger partial charge in [0.05, 0.1) is 11.6 Å². The topological polar surface area (TPSA) is 40.6 Å². The lowest BCUT2D eigenvalue weighted by Crippen LogP contribution is -2.62. The molecule has 3 aliphatic rings. The fourth-order valence-corrected chi connectivity index (χ4v) is 4.29. The molecule has 3 rings (SSSR count). The van der Waals surface area contributed by atoms with Crippen LogP contribution in [0.25, 0.3) is 0 Å². The lowest BCUT2D eigenvalue weighted by Gasteiger charge is -2.51. The van der Waals surface area contributed by atoms with Crippen molar-refractivity contribution in [2.24, 2.45) is 0 Å². The summed E-state index contributed by atoms with van der Waals surface area (Å²) in [5, 5.41) is 0. The Hall–Kier alpha value is -1.06. The fraction of sp³-hybridized carbons (Fsp3) is 0.867. The minimum Gasteiger partial charge on any atom is -0.337 e. The van der Waals surface area contributed by atoms with Crippen molar-refractivity contribution in [3.8, 4) is 0 Å². The molecule has 1 aliphatic carbocycles. The van der Waals surface area contributed by atoms with Crippen LogP contribution in [0.1, 0.15) is 58.3 Å². The summed E-state index contributed by atoms with van der Waals surface area (Å²) >= 11 is 0. The summed E-state index contributed by atoms with van der Waals surface area (Å²) in [6.45, 7) is 3.99. The number of hydrogen-bond donors (Lipinski definition) is 0. The quantitative estimate of drug-likeness (QED) is 0.764. The normalized spacial score (nSPS) is 36.4. The van der Waals surface area contributed by atoms with E-state index in [2.05, 4.69) is 16.7 Å². The molecule has 2 heterocycles. The molecule has 2 aliphatic heterocycles. The monoisotopic (exact) mass is 264 g/mol. The fourth-order valence-electron chi connectivity index (χ4n) is 4.29. The summed E-state index contributed by atoms with van der Waals surface area (Å²) in [5.41, 5.74) is -0.119. The van der Waals surface area contributed by atoms with Gasteiger partial charge in [0.1, 0.15) is 0 Å². The Morgan fingerprint density at radius 3 is 2.37 bits per heavy atom. The van der Waals surface area contributed by atoms with Crippen molar-refractivity contribution in [3.63, 3.8) is 0 Å². The highest BCUT2D eigenvalue weighted by atomic mass is 16.2. The molecule has 0 N–H and O–H groups in total. The van der Waals surface area contributed by atoms with E-state index in [1.807, 2.05) is 0 Å². The lowest BCUT2D eigenvalue weighted by molar-refractivity contribution is -0.143. The Morgan fingerprint density at radius 2 is 1.74 bits per heavy atom. The van der Waals surface area contributed by atoms with Gasteiger partial charge in [0, 0.05) is 25.9 Å². The second kappa shape index (κ2) is 4.80. The van der Waals surface area contributed by atoms with Gasteiger partial charge in [0.15, 0.2) is 0 Å². The number of amides is 2. The van der Waals surface area contributed by atoms with E-state index < -0.39 is 0 Å². The van der Waals surface area contributed by atoms with Gasteiger partial charge >= 0.3 is 0 Å². The molecule has 2 unspecified atom stereocenters. The van der Waals surface area contributed by atoms with Crippen LogP contribution < -0.4 is 0 Å². The molecule has 106 valence electrons. The van der Waals surface area contributed by atoms with Crippen LogP contribution in [0.2, 0.25) is 0 Å². The van der Waals surface area contributed by atoms with Crippen LogP contribution in [0.5, 0.6) is 0 Å². The zero-order chi connectivity index (χ0) is 13.5. The molecule has 0 spiro atoms. The number of hydrogen-bond acceptors (Lipinski definition) is 2. The predicted octanol–water partition coefficient (Wildman–Crippen LogP) is 1.93. The van der Waals surface area contributed by atoms with E-state index in [1.54, 1.807) is 0 Å². The van der Waals surface area contributed by atoms with Crippen molar-refractivity contribution < 1.29 is 9.59 Å². The molecule has 4 heteroatoms. The number of carbonyl (C=O) groups is 2. The molecule has 0 aromatic rings. The van der Waals surface area contributed by atoms with Crippen LogP contribution in [0.15, 0.2) is 0 Å². The second-order valence-electron chi connectivity index (χ2n) is 6.46. The van der Waals surface area contributed by atoms with Gasteiger partial charge in [0.25, 0.3) is 0 Å². The third-order valence-corrected chi connectivity index (χ3v) is 5.30. The minimum absolute atomic E-state index is 0.119. The second-order valence-corrected chi connectivity index (χ2v) is 6.46. The number of rotatable bonds is 2. The van der Waals surface area contributed by atoms with E-state index in [-0.39, 0.29) is 11.6 Å². The van der Waals surface area contributed by atoms with E-state index in [4.69, 9.17) is 0 Å². The van der Waals surface area contributed by atoms with Gasteiger partial charge in [-0.05, 0) is 32.6 Å². The van der Waals surface area contributed by atoms with E-state index in [9.17, 15) is 9.59 Å². The molecule has 1 saturated carbocycles. The Morgan fingerprint density at radius 1 is 1.00 bits per heavy atom. The van der Waals surface area contributed by atoms with Crippen molar-refractivity contribution in [1.29, 1.82) is 0 Å². The van der Waals surface area contributed by atoms with Gasteiger partial charge in [-0.25, -0.2) is 0 Å². The van der Waals surface area contributed by atoms with Gasteiger partial charge in [-0.15, -0.1) is 0 Å².